The van der Waals surface area contributed by atoms with Gasteiger partial charge < -0.3 is 16.4 Å². The number of nitrogens with one attached hydrogen (secondary N) is 2. The Labute approximate surface area is 118 Å². The van der Waals surface area contributed by atoms with Gasteiger partial charge in [-0.25, -0.2) is 4.79 Å². The maximum atomic E-state index is 11.9. The molecular formula is C14H19N5O. The van der Waals surface area contributed by atoms with Crippen LogP contribution < -0.4 is 16.4 Å². The number of nitrogens with two attached hydrogens (primary N) is 1. The quantitative estimate of drug-likeness (QED) is 0.772. The van der Waals surface area contributed by atoms with Crippen molar-refractivity contribution in [2.45, 2.75) is 26.1 Å². The number of benzene rings is 1. The standard InChI is InChI=1S/C14H19N5O/c1-11(10-19-7-3-6-16-19)17-14(20)18-13-5-2-4-12(8-13)9-15/h2-8,11H,9-10,15H2,1H3,(H2,17,18,20). The Balaban J connectivity index is 1.85. The Bertz CT molecular complexity index is 552. The van der Waals surface area contributed by atoms with Crippen molar-refractivity contribution < 1.29 is 4.79 Å². The molecule has 4 N–H and O–H groups in total. The molecule has 20 heavy (non-hydrogen) atoms. The highest BCUT2D eigenvalue weighted by Crippen LogP contribution is 2.09. The maximum absolute atomic E-state index is 11.9. The zero-order chi connectivity index (χ0) is 14.4. The molecule has 0 radical (unpaired) electrons. The van der Waals surface area contributed by atoms with Gasteiger partial charge in [0.2, 0.25) is 0 Å². The van der Waals surface area contributed by atoms with E-state index in [0.29, 0.717) is 13.1 Å². The van der Waals surface area contributed by atoms with Gasteiger partial charge in [0, 0.05) is 30.7 Å². The van der Waals surface area contributed by atoms with Crippen molar-refractivity contribution in [2.24, 2.45) is 5.73 Å². The van der Waals surface area contributed by atoms with Crippen LogP contribution in [0.25, 0.3) is 0 Å². The van der Waals surface area contributed by atoms with Crippen molar-refractivity contribution in [3.05, 3.63) is 48.3 Å². The first-order valence-electron chi connectivity index (χ1n) is 6.51. The first-order chi connectivity index (χ1) is 9.67. The van der Waals surface area contributed by atoms with Gasteiger partial charge in [0.25, 0.3) is 0 Å². The number of carbonyl (C=O) groups excluding carboxylic acids is 1. The van der Waals surface area contributed by atoms with Gasteiger partial charge in [-0.2, -0.15) is 5.10 Å². The van der Waals surface area contributed by atoms with Gasteiger partial charge in [-0.3, -0.25) is 4.68 Å². The molecule has 1 aromatic carbocycles. The average molecular weight is 273 g/mol. The first-order valence-corrected chi connectivity index (χ1v) is 6.51. The number of rotatable bonds is 5. The molecule has 1 aromatic heterocycles. The van der Waals surface area contributed by atoms with Crippen LogP contribution in [-0.4, -0.2) is 21.9 Å². The summed E-state index contributed by atoms with van der Waals surface area (Å²) < 4.78 is 1.78. The summed E-state index contributed by atoms with van der Waals surface area (Å²) >= 11 is 0. The molecule has 106 valence electrons. The Kier molecular flexibility index (Phi) is 4.73. The van der Waals surface area contributed by atoms with Gasteiger partial charge >= 0.3 is 6.03 Å². The van der Waals surface area contributed by atoms with E-state index in [1.54, 1.807) is 10.9 Å². The van der Waals surface area contributed by atoms with Crippen molar-refractivity contribution >= 4 is 11.7 Å². The highest BCUT2D eigenvalue weighted by molar-refractivity contribution is 5.89. The summed E-state index contributed by atoms with van der Waals surface area (Å²) in [4.78, 5) is 11.9. The lowest BCUT2D eigenvalue weighted by atomic mass is 10.2. The Hall–Kier alpha value is -2.34. The van der Waals surface area contributed by atoms with Gasteiger partial charge in [0.05, 0.1) is 6.54 Å². The van der Waals surface area contributed by atoms with E-state index in [1.165, 1.54) is 0 Å². The van der Waals surface area contributed by atoms with E-state index < -0.39 is 0 Å². The molecule has 0 aliphatic carbocycles. The van der Waals surface area contributed by atoms with Crippen LogP contribution in [0.4, 0.5) is 10.5 Å². The summed E-state index contributed by atoms with van der Waals surface area (Å²) in [6.07, 6.45) is 3.58. The van der Waals surface area contributed by atoms with Gasteiger partial charge in [0.15, 0.2) is 0 Å². The molecule has 1 unspecified atom stereocenters. The summed E-state index contributed by atoms with van der Waals surface area (Å²) in [6.45, 7) is 3.01. The van der Waals surface area contributed by atoms with Crippen molar-refractivity contribution in [2.75, 3.05) is 5.32 Å². The smallest absolute Gasteiger partial charge is 0.319 e. The molecule has 0 saturated heterocycles. The molecule has 0 bridgehead atoms. The number of urea groups is 1. The number of nitrogens with zero attached hydrogens (tertiary/aromatic N) is 2. The van der Waals surface area contributed by atoms with Crippen molar-refractivity contribution in [3.8, 4) is 0 Å². The minimum atomic E-state index is -0.237. The second kappa shape index (κ2) is 6.72. The van der Waals surface area contributed by atoms with E-state index in [-0.39, 0.29) is 12.1 Å². The van der Waals surface area contributed by atoms with E-state index in [2.05, 4.69) is 15.7 Å². The van der Waals surface area contributed by atoms with Crippen molar-refractivity contribution in [3.63, 3.8) is 0 Å². The molecule has 0 fully saturated rings. The van der Waals surface area contributed by atoms with E-state index in [9.17, 15) is 4.79 Å². The third kappa shape index (κ3) is 4.10. The predicted octanol–water partition coefficient (Wildman–Crippen LogP) is 1.55. The zero-order valence-electron chi connectivity index (χ0n) is 11.4. The number of aromatic nitrogens is 2. The fourth-order valence-corrected chi connectivity index (χ4v) is 1.90. The number of carbonyl (C=O) groups is 1. The Morgan fingerprint density at radius 2 is 2.30 bits per heavy atom. The first kappa shape index (κ1) is 14.1. The zero-order valence-corrected chi connectivity index (χ0v) is 11.4. The van der Waals surface area contributed by atoms with E-state index in [0.717, 1.165) is 11.3 Å². The van der Waals surface area contributed by atoms with Crippen LogP contribution in [0.5, 0.6) is 0 Å². The second-order valence-corrected chi connectivity index (χ2v) is 4.63. The molecule has 6 nitrogen and oxygen atoms in total. The fraction of sp³-hybridized carbons (Fsp3) is 0.286. The molecule has 0 aliphatic heterocycles. The topological polar surface area (TPSA) is 85.0 Å². The largest absolute Gasteiger partial charge is 0.334 e. The molecule has 6 heteroatoms. The van der Waals surface area contributed by atoms with Crippen LogP contribution in [0.1, 0.15) is 12.5 Å². The number of anilines is 1. The summed E-state index contributed by atoms with van der Waals surface area (Å²) in [6, 6.07) is 9.07. The molecule has 1 heterocycles. The number of amides is 2. The minimum absolute atomic E-state index is 0.0207. The molecule has 0 aliphatic rings. The maximum Gasteiger partial charge on any atom is 0.319 e. The molecule has 0 saturated carbocycles. The predicted molar refractivity (Wildman–Crippen MR) is 78.2 cm³/mol. The highest BCUT2D eigenvalue weighted by Gasteiger charge is 2.08. The Morgan fingerprint density at radius 3 is 3.00 bits per heavy atom. The molecule has 1 atom stereocenters. The SMILES string of the molecule is CC(Cn1cccn1)NC(=O)Nc1cccc(CN)c1. The van der Waals surface area contributed by atoms with Gasteiger partial charge in [-0.15, -0.1) is 0 Å². The fourth-order valence-electron chi connectivity index (χ4n) is 1.90. The molecule has 2 aromatic rings. The molecule has 2 rings (SSSR count). The average Bonchev–Trinajstić information content (AvgIpc) is 2.91. The normalized spacial score (nSPS) is 11.9. The monoisotopic (exact) mass is 273 g/mol. The van der Waals surface area contributed by atoms with Crippen LogP contribution in [0, 0.1) is 0 Å². The lowest BCUT2D eigenvalue weighted by Crippen LogP contribution is -2.38. The summed E-state index contributed by atoms with van der Waals surface area (Å²) in [5.74, 6) is 0. The van der Waals surface area contributed by atoms with Crippen LogP contribution in [0.2, 0.25) is 0 Å². The van der Waals surface area contributed by atoms with Gasteiger partial charge in [-0.1, -0.05) is 12.1 Å². The second-order valence-electron chi connectivity index (χ2n) is 4.63. The lowest BCUT2D eigenvalue weighted by molar-refractivity contribution is 0.247. The van der Waals surface area contributed by atoms with Crippen LogP contribution in [-0.2, 0) is 13.1 Å². The van der Waals surface area contributed by atoms with Crippen molar-refractivity contribution in [1.29, 1.82) is 0 Å². The van der Waals surface area contributed by atoms with Crippen molar-refractivity contribution in [1.82, 2.24) is 15.1 Å². The highest BCUT2D eigenvalue weighted by atomic mass is 16.2. The van der Waals surface area contributed by atoms with E-state index in [1.807, 2.05) is 43.5 Å². The summed E-state index contributed by atoms with van der Waals surface area (Å²) in [7, 11) is 0. The van der Waals surface area contributed by atoms with Crippen LogP contribution >= 0.6 is 0 Å². The van der Waals surface area contributed by atoms with E-state index in [4.69, 9.17) is 5.73 Å². The van der Waals surface area contributed by atoms with Gasteiger partial charge in [-0.05, 0) is 30.7 Å². The van der Waals surface area contributed by atoms with Crippen LogP contribution in [0.3, 0.4) is 0 Å². The third-order valence-electron chi connectivity index (χ3n) is 2.82. The molecular weight excluding hydrogens is 254 g/mol. The van der Waals surface area contributed by atoms with Crippen LogP contribution in [0.15, 0.2) is 42.7 Å². The van der Waals surface area contributed by atoms with E-state index >= 15 is 0 Å². The lowest BCUT2D eigenvalue weighted by Gasteiger charge is -2.15. The van der Waals surface area contributed by atoms with Gasteiger partial charge in [0.1, 0.15) is 0 Å². The molecule has 2 amide bonds. The molecule has 0 spiro atoms. The Morgan fingerprint density at radius 1 is 1.45 bits per heavy atom. The number of hydrogen-bond donors (Lipinski definition) is 3. The summed E-state index contributed by atoms with van der Waals surface area (Å²) in [5.41, 5.74) is 7.28. The number of hydrogen-bond acceptors (Lipinski definition) is 3. The minimum Gasteiger partial charge on any atom is -0.334 e. The third-order valence-corrected chi connectivity index (χ3v) is 2.82. The summed E-state index contributed by atoms with van der Waals surface area (Å²) in [5, 5.41) is 9.76.